The van der Waals surface area contributed by atoms with Gasteiger partial charge in [0.05, 0.1) is 6.61 Å². The first kappa shape index (κ1) is 40.9. The molecule has 59 heavy (non-hydrogen) atoms. The number of fused-ring (bicyclic) bond motifs is 1. The third-order valence-electron chi connectivity index (χ3n) is 11.1. The van der Waals surface area contributed by atoms with Crippen LogP contribution < -0.4 is 35.5 Å². The lowest BCUT2D eigenvalue weighted by molar-refractivity contribution is -0.132. The van der Waals surface area contributed by atoms with Gasteiger partial charge in [-0.2, -0.15) is 0 Å². The zero-order chi connectivity index (χ0) is 41.0. The van der Waals surface area contributed by atoms with Crippen LogP contribution in [0.4, 0.5) is 0 Å². The molecule has 5 aliphatic rings. The number of aromatic amines is 1. The summed E-state index contributed by atoms with van der Waals surface area (Å²) in [7, 11) is 0. The number of hydrogen-bond donors (Lipinski definition) is 5. The summed E-state index contributed by atoms with van der Waals surface area (Å²) in [5.41, 5.74) is 4.44. The summed E-state index contributed by atoms with van der Waals surface area (Å²) >= 11 is 0. The van der Waals surface area contributed by atoms with Crippen LogP contribution in [-0.2, 0) is 45.0 Å². The number of para-hydroxylation sites is 2. The smallest absolute Gasteiger partial charge is 0.258 e. The molecule has 1 aromatic heterocycles. The van der Waals surface area contributed by atoms with Gasteiger partial charge in [0.2, 0.25) is 17.7 Å². The average molecular weight is 800 g/mol. The molecule has 1 aliphatic carbocycles. The van der Waals surface area contributed by atoms with Gasteiger partial charge in [0.15, 0.2) is 18.1 Å². The number of rotatable bonds is 6. The summed E-state index contributed by atoms with van der Waals surface area (Å²) in [5.74, 6) is 0.526. The lowest BCUT2D eigenvalue weighted by atomic mass is 9.84. The van der Waals surface area contributed by atoms with Crippen molar-refractivity contribution in [3.8, 4) is 17.2 Å². The number of ether oxygens (including phenoxy) is 3. The predicted molar refractivity (Wildman–Crippen MR) is 225 cm³/mol. The van der Waals surface area contributed by atoms with Gasteiger partial charge < -0.3 is 40.5 Å². The minimum absolute atomic E-state index is 0.0472. The maximum absolute atomic E-state index is 14.3. The van der Waals surface area contributed by atoms with Crippen LogP contribution >= 0.6 is 0 Å². The van der Waals surface area contributed by atoms with Crippen LogP contribution in [0, 0.1) is 5.92 Å². The van der Waals surface area contributed by atoms with E-state index in [9.17, 15) is 19.2 Å². The van der Waals surface area contributed by atoms with Crippen LogP contribution in [-0.4, -0.2) is 66.5 Å². The molecule has 12 nitrogen and oxygen atoms in total. The normalized spacial score (nSPS) is 21.2. The molecule has 308 valence electrons. The minimum Gasteiger partial charge on any atom is -0.490 e. The van der Waals surface area contributed by atoms with E-state index in [0.717, 1.165) is 46.0 Å². The van der Waals surface area contributed by atoms with E-state index in [2.05, 4.69) is 26.3 Å². The van der Waals surface area contributed by atoms with Crippen molar-refractivity contribution >= 4 is 34.5 Å². The lowest BCUT2D eigenvalue weighted by Crippen LogP contribution is -2.55. The van der Waals surface area contributed by atoms with E-state index >= 15 is 0 Å². The molecule has 4 aliphatic heterocycles. The third kappa shape index (κ3) is 11.2. The number of carbonyl (C=O) groups is 4. The van der Waals surface area contributed by atoms with E-state index in [1.165, 1.54) is 0 Å². The van der Waals surface area contributed by atoms with Crippen LogP contribution in [0.3, 0.4) is 0 Å². The van der Waals surface area contributed by atoms with Gasteiger partial charge in [-0.05, 0) is 85.9 Å². The van der Waals surface area contributed by atoms with E-state index < -0.39 is 18.0 Å². The highest BCUT2D eigenvalue weighted by Gasteiger charge is 2.30. The van der Waals surface area contributed by atoms with Crippen LogP contribution in [0.2, 0.25) is 0 Å². The van der Waals surface area contributed by atoms with Gasteiger partial charge >= 0.3 is 0 Å². The minimum atomic E-state index is -0.930. The maximum atomic E-state index is 14.3. The number of aromatic nitrogens is 1. The van der Waals surface area contributed by atoms with Crippen LogP contribution in [0.5, 0.6) is 17.2 Å². The Morgan fingerprint density at radius 3 is 2.25 bits per heavy atom. The van der Waals surface area contributed by atoms with Gasteiger partial charge in [0.25, 0.3) is 5.91 Å². The number of benzene rings is 4. The first-order chi connectivity index (χ1) is 28.8. The molecule has 4 aromatic carbocycles. The molecular weight excluding hydrogens is 747 g/mol. The van der Waals surface area contributed by atoms with Crippen LogP contribution in [0.25, 0.3) is 10.9 Å². The topological polar surface area (TPSA) is 160 Å². The Hall–Kier alpha value is -6.30. The monoisotopic (exact) mass is 799 g/mol. The molecule has 5 heterocycles. The average Bonchev–Trinajstić information content (AvgIpc) is 3.66. The van der Waals surface area contributed by atoms with Crippen molar-refractivity contribution in [1.82, 2.24) is 26.3 Å². The summed E-state index contributed by atoms with van der Waals surface area (Å²) in [6.45, 7) is 2.68. The van der Waals surface area contributed by atoms with Gasteiger partial charge in [0.1, 0.15) is 24.4 Å². The van der Waals surface area contributed by atoms with Crippen molar-refractivity contribution in [2.24, 2.45) is 5.92 Å². The summed E-state index contributed by atoms with van der Waals surface area (Å²) in [6, 6.07) is 28.7. The number of amides is 4. The summed E-state index contributed by atoms with van der Waals surface area (Å²) in [6.07, 6.45) is 6.09. The van der Waals surface area contributed by atoms with E-state index in [1.807, 2.05) is 110 Å². The Morgan fingerprint density at radius 1 is 0.695 bits per heavy atom. The number of hydrogen-bond acceptors (Lipinski definition) is 7. The summed E-state index contributed by atoms with van der Waals surface area (Å²) in [4.78, 5) is 58.3. The maximum Gasteiger partial charge on any atom is 0.258 e. The first-order valence-electron chi connectivity index (χ1n) is 20.7. The summed E-state index contributed by atoms with van der Waals surface area (Å²) in [5, 5.41) is 13.2. The van der Waals surface area contributed by atoms with Crippen molar-refractivity contribution in [2.45, 2.75) is 83.0 Å². The molecule has 12 heteroatoms. The van der Waals surface area contributed by atoms with Crippen molar-refractivity contribution in [2.75, 3.05) is 19.8 Å². The fourth-order valence-corrected chi connectivity index (χ4v) is 7.97. The van der Waals surface area contributed by atoms with Crippen molar-refractivity contribution in [3.63, 3.8) is 0 Å². The van der Waals surface area contributed by atoms with E-state index in [0.29, 0.717) is 49.7 Å². The van der Waals surface area contributed by atoms with E-state index in [-0.39, 0.29) is 62.2 Å². The van der Waals surface area contributed by atoms with Gasteiger partial charge in [-0.1, -0.05) is 72.8 Å². The Morgan fingerprint density at radius 2 is 1.46 bits per heavy atom. The van der Waals surface area contributed by atoms with Gasteiger partial charge in [-0.25, -0.2) is 0 Å². The molecule has 1 saturated carbocycles. The molecule has 0 saturated heterocycles. The Kier molecular flexibility index (Phi) is 13.8. The molecule has 5 aromatic rings. The first-order valence-corrected chi connectivity index (χ1v) is 20.7. The highest BCUT2D eigenvalue weighted by Crippen LogP contribution is 2.33. The number of H-pyrrole nitrogens is 1. The lowest BCUT2D eigenvalue weighted by Gasteiger charge is -2.29. The zero-order valence-electron chi connectivity index (χ0n) is 33.5. The highest BCUT2D eigenvalue weighted by atomic mass is 16.5. The molecule has 2 atom stereocenters. The second-order valence-corrected chi connectivity index (χ2v) is 15.4. The molecule has 4 amide bonds. The molecular formula is C47H53N5O7. The predicted octanol–water partition coefficient (Wildman–Crippen LogP) is 5.72. The quantitative estimate of drug-likeness (QED) is 0.147. The summed E-state index contributed by atoms with van der Waals surface area (Å²) < 4.78 is 18.1. The molecule has 4 bridgehead atoms. The van der Waals surface area contributed by atoms with E-state index in [4.69, 9.17) is 14.2 Å². The molecule has 0 radical (unpaired) electrons. The number of nitrogens with one attached hydrogen (secondary N) is 5. The Bertz CT molecular complexity index is 2200. The van der Waals surface area contributed by atoms with Crippen molar-refractivity contribution < 1.29 is 33.4 Å². The molecule has 0 unspecified atom stereocenters. The largest absolute Gasteiger partial charge is 0.490 e. The molecule has 1 fully saturated rings. The molecule has 10 rings (SSSR count). The second kappa shape index (κ2) is 19.9. The van der Waals surface area contributed by atoms with Gasteiger partial charge in [-0.15, -0.1) is 0 Å². The van der Waals surface area contributed by atoms with E-state index in [1.54, 1.807) is 0 Å². The van der Waals surface area contributed by atoms with Crippen LogP contribution in [0.1, 0.15) is 61.3 Å². The van der Waals surface area contributed by atoms with Crippen molar-refractivity contribution in [3.05, 3.63) is 126 Å². The highest BCUT2D eigenvalue weighted by molar-refractivity contribution is 5.93. The zero-order valence-corrected chi connectivity index (χ0v) is 33.5. The second-order valence-electron chi connectivity index (χ2n) is 15.4. The Balaban J connectivity index is 1.12. The van der Waals surface area contributed by atoms with Gasteiger partial charge in [0, 0.05) is 54.5 Å². The number of carbonyl (C=O) groups excluding carboxylic acids is 4. The van der Waals surface area contributed by atoms with Crippen LogP contribution in [0.15, 0.2) is 103 Å². The standard InChI is InChI=1S/C47H53N5O7/c1-2-57-42-14-8-11-34-29-58-37-21-17-31(18-22-37)23-24-48-46(55)40(25-32-9-4-3-5-10-32)52-47(56)41(27-35-28-49-39-13-7-6-12-38(35)39)51-43(53)26-33-15-19-36(20-16-33)50-44(54)30-59-45(34)42/h3-14,17-18,21-22,28,33,36,40-41,49H,2,15-16,19-20,23-27,29-30H2,1H3,(H,48,55)(H,50,54)(H,51,53)(H,52,56)/t33?,36?,40-,41+/m1/s1. The molecule has 5 N–H and O–H groups in total. The Labute approximate surface area is 344 Å². The van der Waals surface area contributed by atoms with Crippen molar-refractivity contribution in [1.29, 1.82) is 0 Å². The fraction of sp³-hybridized carbons (Fsp3) is 0.362. The van der Waals surface area contributed by atoms with Gasteiger partial charge in [-0.3, -0.25) is 19.2 Å². The third-order valence-corrected chi connectivity index (χ3v) is 11.1. The fourth-order valence-electron chi connectivity index (χ4n) is 7.97. The SMILES string of the molecule is CCOc1cccc2c1OCC(=O)NC1CCC(CC1)CC(=O)N[C@@H](Cc1c[nH]c3ccccc13)C(=O)N[C@H](Cc1ccccc1)C(=O)NCCc1ccc(cc1)OC2. The molecule has 0 spiro atoms.